The van der Waals surface area contributed by atoms with Gasteiger partial charge in [0.2, 0.25) is 11.8 Å². The first-order chi connectivity index (χ1) is 10.3. The molecule has 0 fully saturated rings. The number of alkyl halides is 4. The van der Waals surface area contributed by atoms with Crippen LogP contribution in [0.2, 0.25) is 0 Å². The van der Waals surface area contributed by atoms with Crippen LogP contribution in [-0.2, 0) is 28.6 Å². The largest absolute Gasteiger partial charge is 2.00 e. The summed E-state index contributed by atoms with van der Waals surface area (Å²) in [4.78, 5) is 0. The predicted molar refractivity (Wildman–Crippen MR) is 81.7 cm³/mol. The molecule has 131 valence electrons. The van der Waals surface area contributed by atoms with E-state index in [1.807, 2.05) is 0 Å². The normalized spacial score (nSPS) is 11.4. The van der Waals surface area contributed by atoms with Crippen molar-refractivity contribution in [3.8, 4) is 0 Å². The van der Waals surface area contributed by atoms with Crippen LogP contribution < -0.4 is 0 Å². The molecule has 0 atom stereocenters. The molecule has 0 N–H and O–H groups in total. The molecule has 0 aliphatic rings. The second-order valence-electron chi connectivity index (χ2n) is 5.26. The zero-order valence-electron chi connectivity index (χ0n) is 13.3. The van der Waals surface area contributed by atoms with E-state index in [9.17, 15) is 17.6 Å². The Morgan fingerprint density at radius 3 is 1.13 bits per heavy atom. The van der Waals surface area contributed by atoms with Crippen molar-refractivity contribution in [2.75, 3.05) is 0 Å². The van der Waals surface area contributed by atoms with Gasteiger partial charge in [0.05, 0.1) is 0 Å². The third-order valence-corrected chi connectivity index (χ3v) is 3.30. The van der Waals surface area contributed by atoms with E-state index in [0.717, 1.165) is 0 Å². The maximum absolute atomic E-state index is 13.0. The van der Waals surface area contributed by atoms with Crippen molar-refractivity contribution in [2.24, 2.45) is 0 Å². The Hall–Kier alpha value is -1.07. The molecule has 0 amide bonds. The van der Waals surface area contributed by atoms with Gasteiger partial charge in [0.25, 0.3) is 0 Å². The summed E-state index contributed by atoms with van der Waals surface area (Å²) in [5.74, 6) is -5.25. The van der Waals surface area contributed by atoms with E-state index in [1.165, 1.54) is 24.3 Å². The van der Waals surface area contributed by atoms with Crippen molar-refractivity contribution in [2.45, 2.75) is 51.4 Å². The van der Waals surface area contributed by atoms with Gasteiger partial charge in [-0.1, -0.05) is 37.8 Å². The van der Waals surface area contributed by atoms with Gasteiger partial charge in [-0.15, -0.1) is 0 Å². The molecular formula is C18H22CoF4. The summed E-state index contributed by atoms with van der Waals surface area (Å²) in [5.41, 5.74) is 0.277. The molecule has 0 nitrogen and oxygen atoms in total. The first-order valence-electron chi connectivity index (χ1n) is 7.53. The van der Waals surface area contributed by atoms with Crippen molar-refractivity contribution in [3.63, 3.8) is 0 Å². The summed E-state index contributed by atoms with van der Waals surface area (Å²) in [6.45, 7) is 3.52. The van der Waals surface area contributed by atoms with Crippen LogP contribution in [-0.4, -0.2) is 0 Å². The SMILES string of the molecule is CCCC(F)(F)[c-]1cccc1.CCCC(F)(F)[c-]1cccc1.[Co+2]. The summed E-state index contributed by atoms with van der Waals surface area (Å²) in [5, 5.41) is 0. The fourth-order valence-corrected chi connectivity index (χ4v) is 2.15. The van der Waals surface area contributed by atoms with E-state index in [1.54, 1.807) is 38.1 Å². The third kappa shape index (κ3) is 6.91. The molecule has 2 aromatic rings. The summed E-state index contributed by atoms with van der Waals surface area (Å²) < 4.78 is 52.0. The van der Waals surface area contributed by atoms with E-state index >= 15 is 0 Å². The Morgan fingerprint density at radius 2 is 0.913 bits per heavy atom. The Morgan fingerprint density at radius 1 is 0.652 bits per heavy atom. The van der Waals surface area contributed by atoms with Crippen molar-refractivity contribution in [3.05, 3.63) is 59.7 Å². The maximum Gasteiger partial charge on any atom is 2.00 e. The van der Waals surface area contributed by atoms with Gasteiger partial charge in [-0.05, 0) is 0 Å². The van der Waals surface area contributed by atoms with Crippen LogP contribution in [0.4, 0.5) is 17.6 Å². The van der Waals surface area contributed by atoms with Crippen LogP contribution >= 0.6 is 0 Å². The van der Waals surface area contributed by atoms with Gasteiger partial charge in [-0.3, -0.25) is 0 Å². The van der Waals surface area contributed by atoms with Crippen LogP contribution in [0.25, 0.3) is 0 Å². The molecule has 1 radical (unpaired) electrons. The molecule has 0 aliphatic heterocycles. The van der Waals surface area contributed by atoms with Gasteiger partial charge < -0.3 is 0 Å². The number of hydrogen-bond donors (Lipinski definition) is 0. The third-order valence-electron chi connectivity index (χ3n) is 3.30. The summed E-state index contributed by atoms with van der Waals surface area (Å²) in [7, 11) is 0. The summed E-state index contributed by atoms with van der Waals surface area (Å²) in [6.07, 6.45) is 0.907. The van der Waals surface area contributed by atoms with E-state index in [4.69, 9.17) is 0 Å². The van der Waals surface area contributed by atoms with Crippen molar-refractivity contribution in [1.29, 1.82) is 0 Å². The molecule has 0 saturated heterocycles. The van der Waals surface area contributed by atoms with Gasteiger partial charge in [-0.2, -0.15) is 24.3 Å². The van der Waals surface area contributed by atoms with Gasteiger partial charge in [0.15, 0.2) is 0 Å². The monoisotopic (exact) mass is 373 g/mol. The molecule has 0 unspecified atom stereocenters. The zero-order chi connectivity index (χ0) is 16.6. The van der Waals surface area contributed by atoms with E-state index in [2.05, 4.69) is 0 Å². The molecule has 0 aliphatic carbocycles. The molecule has 2 aromatic carbocycles. The number of halogens is 4. The van der Waals surface area contributed by atoms with E-state index in [0.29, 0.717) is 12.8 Å². The second kappa shape index (κ2) is 9.93. The Bertz CT molecular complexity index is 453. The standard InChI is InChI=1S/2C9H11F2.Co/c2*1-2-7-9(10,11)8-5-3-4-6-8;/h2*3-6H,2,7H2,1H3;/q2*-1;+2. The van der Waals surface area contributed by atoms with Crippen LogP contribution in [0.1, 0.15) is 50.7 Å². The van der Waals surface area contributed by atoms with Crippen molar-refractivity contribution in [1.82, 2.24) is 0 Å². The second-order valence-corrected chi connectivity index (χ2v) is 5.26. The average Bonchev–Trinajstić information content (AvgIpc) is 3.14. The minimum absolute atomic E-state index is 0. The predicted octanol–water partition coefficient (Wildman–Crippen LogP) is 6.59. The maximum atomic E-state index is 13.0. The average molecular weight is 373 g/mol. The smallest absolute Gasteiger partial charge is 0.216 e. The molecule has 0 heterocycles. The number of hydrogen-bond acceptors (Lipinski definition) is 0. The molecule has 0 aromatic heterocycles. The van der Waals surface area contributed by atoms with Crippen molar-refractivity contribution >= 4 is 0 Å². The van der Waals surface area contributed by atoms with Crippen LogP contribution in [0.3, 0.4) is 0 Å². The molecule has 0 bridgehead atoms. The quantitative estimate of drug-likeness (QED) is 0.396. The Kier molecular flexibility index (Phi) is 9.47. The minimum Gasteiger partial charge on any atom is -0.216 e. The topological polar surface area (TPSA) is 0 Å². The first kappa shape index (κ1) is 21.9. The van der Waals surface area contributed by atoms with Crippen LogP contribution in [0.15, 0.2) is 48.5 Å². The Labute approximate surface area is 145 Å². The Balaban J connectivity index is 0.000000403. The molecule has 0 spiro atoms. The van der Waals surface area contributed by atoms with Gasteiger partial charge in [-0.25, -0.2) is 41.8 Å². The van der Waals surface area contributed by atoms with Gasteiger partial charge in [0.1, 0.15) is 0 Å². The zero-order valence-corrected chi connectivity index (χ0v) is 14.3. The molecule has 0 saturated carbocycles. The fourth-order valence-electron chi connectivity index (χ4n) is 2.15. The first-order valence-corrected chi connectivity index (χ1v) is 7.53. The fraction of sp³-hybridized carbons (Fsp3) is 0.444. The summed E-state index contributed by atoms with van der Waals surface area (Å²) >= 11 is 0. The molecule has 5 heteroatoms. The van der Waals surface area contributed by atoms with E-state index < -0.39 is 11.8 Å². The van der Waals surface area contributed by atoms with Gasteiger partial charge >= 0.3 is 16.8 Å². The molecule has 2 rings (SSSR count). The molecular weight excluding hydrogens is 351 g/mol. The summed E-state index contributed by atoms with van der Waals surface area (Å²) in [6, 6.07) is 12.4. The number of rotatable bonds is 6. The molecule has 23 heavy (non-hydrogen) atoms. The van der Waals surface area contributed by atoms with Gasteiger partial charge in [0, 0.05) is 12.8 Å². The van der Waals surface area contributed by atoms with Crippen molar-refractivity contribution < 1.29 is 34.3 Å². The minimum atomic E-state index is -2.63. The van der Waals surface area contributed by atoms with Crippen LogP contribution in [0.5, 0.6) is 0 Å². The van der Waals surface area contributed by atoms with Crippen LogP contribution in [0, 0.1) is 0 Å². The van der Waals surface area contributed by atoms with E-state index in [-0.39, 0.29) is 40.7 Å².